The molecule has 0 aliphatic carbocycles. The highest BCUT2D eigenvalue weighted by atomic mass is 19.4. The van der Waals surface area contributed by atoms with Crippen LogP contribution in [0, 0.1) is 12.7 Å². The second-order valence-corrected chi connectivity index (χ2v) is 5.45. The fourth-order valence-corrected chi connectivity index (χ4v) is 2.74. The summed E-state index contributed by atoms with van der Waals surface area (Å²) in [5.41, 5.74) is -1.40. The smallest absolute Gasteiger partial charge is 0.419 e. The van der Waals surface area contributed by atoms with E-state index in [4.69, 9.17) is 0 Å². The Kier molecular flexibility index (Phi) is 4.96. The molecular weight excluding hydrogens is 324 g/mol. The molecule has 2 aromatic carbocycles. The molecule has 0 aliphatic heterocycles. The van der Waals surface area contributed by atoms with Crippen LogP contribution in [0.4, 0.5) is 17.6 Å². The number of carbonyl (C=O) groups is 1. The number of hydrogen-bond acceptors (Lipinski definition) is 2. The zero-order valence-electron chi connectivity index (χ0n) is 13.4. The Morgan fingerprint density at radius 2 is 1.75 bits per heavy atom. The summed E-state index contributed by atoms with van der Waals surface area (Å²) in [7, 11) is 1.11. The molecule has 0 saturated carbocycles. The Hall–Kier alpha value is -2.37. The van der Waals surface area contributed by atoms with Gasteiger partial charge in [-0.15, -0.1) is 0 Å². The highest BCUT2D eigenvalue weighted by molar-refractivity contribution is 5.80. The number of alkyl halides is 3. The number of esters is 1. The first-order valence-corrected chi connectivity index (χ1v) is 7.22. The van der Waals surface area contributed by atoms with Crippen LogP contribution in [0.1, 0.15) is 29.5 Å². The Morgan fingerprint density at radius 3 is 2.25 bits per heavy atom. The van der Waals surface area contributed by atoms with Crippen LogP contribution >= 0.6 is 0 Å². The molecule has 2 nitrogen and oxygen atoms in total. The molecule has 0 spiro atoms. The van der Waals surface area contributed by atoms with Crippen molar-refractivity contribution >= 4 is 5.97 Å². The molecule has 1 atom stereocenters. The summed E-state index contributed by atoms with van der Waals surface area (Å²) >= 11 is 0. The Labute approximate surface area is 137 Å². The highest BCUT2D eigenvalue weighted by Gasteiger charge is 2.40. The van der Waals surface area contributed by atoms with Gasteiger partial charge in [0.1, 0.15) is 5.82 Å². The molecular formula is C18H16F4O2. The molecule has 0 amide bonds. The standard InChI is InChI=1S/C18H16F4O2/c1-10-9-13(12-7-5-4-6-8-12)15(18(20,21)22)16(19)14(10)11(2)17(23)24-3/h4-9,11H,1-3H3. The number of halogens is 4. The van der Waals surface area contributed by atoms with E-state index in [1.165, 1.54) is 32.0 Å². The number of rotatable bonds is 3. The van der Waals surface area contributed by atoms with Gasteiger partial charge in [-0.1, -0.05) is 36.4 Å². The first-order chi connectivity index (χ1) is 11.2. The van der Waals surface area contributed by atoms with Gasteiger partial charge in [0.2, 0.25) is 0 Å². The minimum Gasteiger partial charge on any atom is -0.469 e. The summed E-state index contributed by atoms with van der Waals surface area (Å²) in [6, 6.07) is 9.03. The number of hydrogen-bond donors (Lipinski definition) is 0. The van der Waals surface area contributed by atoms with E-state index in [1.54, 1.807) is 18.2 Å². The van der Waals surface area contributed by atoms with E-state index in [2.05, 4.69) is 4.74 Å². The van der Waals surface area contributed by atoms with E-state index < -0.39 is 29.4 Å². The molecule has 0 aliphatic rings. The van der Waals surface area contributed by atoms with Gasteiger partial charge in [0.05, 0.1) is 18.6 Å². The lowest BCUT2D eigenvalue weighted by molar-refractivity contribution is -0.143. The van der Waals surface area contributed by atoms with E-state index >= 15 is 0 Å². The molecule has 2 rings (SSSR count). The third-order valence-corrected chi connectivity index (χ3v) is 3.87. The fourth-order valence-electron chi connectivity index (χ4n) is 2.74. The number of methoxy groups -OCH3 is 1. The molecule has 0 N–H and O–H groups in total. The molecule has 6 heteroatoms. The van der Waals surface area contributed by atoms with Gasteiger partial charge < -0.3 is 4.74 Å². The molecule has 0 aromatic heterocycles. The van der Waals surface area contributed by atoms with Gasteiger partial charge >= 0.3 is 12.1 Å². The highest BCUT2D eigenvalue weighted by Crippen LogP contribution is 2.42. The summed E-state index contributed by atoms with van der Waals surface area (Å²) in [6.07, 6.45) is -4.90. The largest absolute Gasteiger partial charge is 0.469 e. The van der Waals surface area contributed by atoms with Crippen LogP contribution in [0.15, 0.2) is 36.4 Å². The van der Waals surface area contributed by atoms with Crippen molar-refractivity contribution in [1.82, 2.24) is 0 Å². The van der Waals surface area contributed by atoms with E-state index in [1.807, 2.05) is 0 Å². The van der Waals surface area contributed by atoms with Gasteiger partial charge in [0, 0.05) is 5.56 Å². The van der Waals surface area contributed by atoms with Crippen molar-refractivity contribution in [3.8, 4) is 11.1 Å². The summed E-state index contributed by atoms with van der Waals surface area (Å²) in [5.74, 6) is -3.36. The number of carbonyl (C=O) groups excluding carboxylic acids is 1. The minimum atomic E-state index is -4.90. The van der Waals surface area contributed by atoms with Crippen molar-refractivity contribution in [3.63, 3.8) is 0 Å². The van der Waals surface area contributed by atoms with Crippen LogP contribution < -0.4 is 0 Å². The molecule has 24 heavy (non-hydrogen) atoms. The van der Waals surface area contributed by atoms with Crippen molar-refractivity contribution < 1.29 is 27.1 Å². The van der Waals surface area contributed by atoms with Crippen LogP contribution in [-0.4, -0.2) is 13.1 Å². The summed E-state index contributed by atoms with van der Waals surface area (Å²) in [4.78, 5) is 11.7. The Balaban J connectivity index is 2.79. The third-order valence-electron chi connectivity index (χ3n) is 3.87. The number of benzene rings is 2. The maximum Gasteiger partial charge on any atom is 0.419 e. The number of ether oxygens (including phenoxy) is 1. The van der Waals surface area contributed by atoms with Gasteiger partial charge in [-0.3, -0.25) is 4.79 Å². The van der Waals surface area contributed by atoms with Crippen molar-refractivity contribution in [2.24, 2.45) is 0 Å². The van der Waals surface area contributed by atoms with E-state index in [0.717, 1.165) is 7.11 Å². The predicted octanol–water partition coefficient (Wildman–Crippen LogP) is 5.10. The van der Waals surface area contributed by atoms with Gasteiger partial charge in [-0.25, -0.2) is 4.39 Å². The Bertz CT molecular complexity index is 752. The number of aryl methyl sites for hydroxylation is 1. The van der Waals surface area contributed by atoms with Gasteiger partial charge in [-0.2, -0.15) is 13.2 Å². The van der Waals surface area contributed by atoms with Gasteiger partial charge in [0.15, 0.2) is 0 Å². The maximum atomic E-state index is 14.8. The third kappa shape index (κ3) is 3.27. The lowest BCUT2D eigenvalue weighted by Gasteiger charge is -2.21. The molecule has 0 heterocycles. The predicted molar refractivity (Wildman–Crippen MR) is 82.0 cm³/mol. The summed E-state index contributed by atoms with van der Waals surface area (Å²) in [5, 5.41) is 0. The van der Waals surface area contributed by atoms with E-state index in [-0.39, 0.29) is 22.3 Å². The molecule has 1 unspecified atom stereocenters. The molecule has 2 aromatic rings. The van der Waals surface area contributed by atoms with Crippen LogP contribution in [0.2, 0.25) is 0 Å². The summed E-state index contributed by atoms with van der Waals surface area (Å²) in [6.45, 7) is 2.80. The van der Waals surface area contributed by atoms with Crippen LogP contribution in [0.3, 0.4) is 0 Å². The monoisotopic (exact) mass is 340 g/mol. The van der Waals surface area contributed by atoms with Crippen LogP contribution in [0.5, 0.6) is 0 Å². The average molecular weight is 340 g/mol. The van der Waals surface area contributed by atoms with Crippen LogP contribution in [-0.2, 0) is 15.7 Å². The van der Waals surface area contributed by atoms with Crippen molar-refractivity contribution in [2.45, 2.75) is 25.9 Å². The van der Waals surface area contributed by atoms with Gasteiger partial charge in [-0.05, 0) is 30.5 Å². The molecule has 0 radical (unpaired) electrons. The van der Waals surface area contributed by atoms with Crippen molar-refractivity contribution in [3.05, 3.63) is 58.9 Å². The second kappa shape index (κ2) is 6.63. The average Bonchev–Trinajstić information content (AvgIpc) is 2.52. The van der Waals surface area contributed by atoms with Gasteiger partial charge in [0.25, 0.3) is 0 Å². The van der Waals surface area contributed by atoms with Crippen molar-refractivity contribution in [1.29, 1.82) is 0 Å². The van der Waals surface area contributed by atoms with Crippen molar-refractivity contribution in [2.75, 3.05) is 7.11 Å². The molecule has 0 saturated heterocycles. The lowest BCUT2D eigenvalue weighted by atomic mass is 9.88. The fraction of sp³-hybridized carbons (Fsp3) is 0.278. The Morgan fingerprint density at radius 1 is 1.17 bits per heavy atom. The minimum absolute atomic E-state index is 0.251. The quantitative estimate of drug-likeness (QED) is 0.574. The molecule has 0 bridgehead atoms. The zero-order valence-corrected chi connectivity index (χ0v) is 13.4. The van der Waals surface area contributed by atoms with E-state index in [9.17, 15) is 22.4 Å². The first kappa shape index (κ1) is 18.0. The maximum absolute atomic E-state index is 14.8. The van der Waals surface area contributed by atoms with Crippen LogP contribution in [0.25, 0.3) is 11.1 Å². The SMILES string of the molecule is COC(=O)C(C)c1c(C)cc(-c2ccccc2)c(C(F)(F)F)c1F. The molecule has 128 valence electrons. The zero-order chi connectivity index (χ0) is 18.1. The molecule has 0 fully saturated rings. The first-order valence-electron chi connectivity index (χ1n) is 7.22. The topological polar surface area (TPSA) is 26.3 Å². The second-order valence-electron chi connectivity index (χ2n) is 5.45. The van der Waals surface area contributed by atoms with E-state index in [0.29, 0.717) is 0 Å². The summed E-state index contributed by atoms with van der Waals surface area (Å²) < 4.78 is 59.8. The normalized spacial score (nSPS) is 12.8. The lowest BCUT2D eigenvalue weighted by Crippen LogP contribution is -2.18.